The largest absolute Gasteiger partial charge is 0.304 e. The molecule has 6 heteroatoms. The zero-order chi connectivity index (χ0) is 32.0. The van der Waals surface area contributed by atoms with Crippen LogP contribution >= 0.6 is 23.5 Å². The first kappa shape index (κ1) is 26.3. The zero-order valence-electron chi connectivity index (χ0n) is 26.8. The Morgan fingerprint density at radius 1 is 0.667 bits per heavy atom. The van der Waals surface area contributed by atoms with Crippen molar-refractivity contribution in [2.24, 2.45) is 0 Å². The van der Waals surface area contributed by atoms with E-state index in [2.05, 4.69) is 102 Å². The van der Waals surface area contributed by atoms with Gasteiger partial charge in [0.25, 0.3) is 0 Å². The fraction of sp³-hybridized carbons (Fsp3) is 0.0256. The summed E-state index contributed by atoms with van der Waals surface area (Å²) in [4.78, 5) is 14.2. The number of hydrogen-bond acceptors (Lipinski definition) is 4. The molecule has 45 heavy (non-hydrogen) atoms. The molecule has 0 atom stereocenters. The molecular weight excluding hydrogens is 764 g/mol. The number of rotatable bonds is 2. The van der Waals surface area contributed by atoms with E-state index in [-0.39, 0.29) is 32.4 Å². The van der Waals surface area contributed by atoms with Gasteiger partial charge in [0.1, 0.15) is 0 Å². The van der Waals surface area contributed by atoms with Gasteiger partial charge >= 0.3 is 0 Å². The molecule has 4 heterocycles. The SMILES string of the molecule is [2H]C([2H])([2H])c1ccc(-c2[c-]cccc2)nc1.[Ir].[c-]1cc2c3c(c1-c1cc4ccccc4cn1)Sc1ccccc1B3c1ccccc1S2. The molecule has 2 nitrogen and oxygen atoms in total. The van der Waals surface area contributed by atoms with E-state index < -0.39 is 6.85 Å². The van der Waals surface area contributed by atoms with Crippen molar-refractivity contribution < 1.29 is 24.2 Å². The minimum absolute atomic E-state index is 0. The second-order valence-corrected chi connectivity index (χ2v) is 12.7. The maximum atomic E-state index is 7.23. The molecule has 217 valence electrons. The summed E-state index contributed by atoms with van der Waals surface area (Å²) in [7, 11) is 0. The van der Waals surface area contributed by atoms with E-state index in [1.165, 1.54) is 52.9 Å². The Kier molecular flexibility index (Phi) is 7.50. The summed E-state index contributed by atoms with van der Waals surface area (Å²) >= 11 is 3.73. The van der Waals surface area contributed by atoms with E-state index >= 15 is 0 Å². The number of hydrogen-bond donors (Lipinski definition) is 0. The van der Waals surface area contributed by atoms with Crippen molar-refractivity contribution in [2.75, 3.05) is 0 Å². The minimum Gasteiger partial charge on any atom is -0.304 e. The third-order valence-corrected chi connectivity index (χ3v) is 10.3. The van der Waals surface area contributed by atoms with Gasteiger partial charge < -0.3 is 9.97 Å². The standard InChI is InChI=1S/C27H15BNS2.C12H10N.Ir/c1-2-8-18-16-29-22(15-17(18)7-1)19-13-14-25-26-27(19)31-24-12-6-4-10-21(24)28(26)20-9-3-5-11-23(20)30-25;1-10-7-8-12(13-9-10)11-5-3-2-4-6-11;/h1-12,14-16H;2-5,7-9H,1H3;/q2*-1;/i;1D3;. The Labute approximate surface area is 290 Å². The average Bonchev–Trinajstić information content (AvgIpc) is 3.12. The van der Waals surface area contributed by atoms with E-state index in [1.54, 1.807) is 18.2 Å². The first-order valence-electron chi connectivity index (χ1n) is 15.8. The second-order valence-electron chi connectivity index (χ2n) is 10.6. The van der Waals surface area contributed by atoms with Gasteiger partial charge in [-0.25, -0.2) is 0 Å². The first-order valence-corrected chi connectivity index (χ1v) is 16.0. The molecule has 0 amide bonds. The van der Waals surface area contributed by atoms with Crippen LogP contribution < -0.4 is 16.4 Å². The van der Waals surface area contributed by atoms with Crippen molar-refractivity contribution in [3.05, 3.63) is 151 Å². The summed E-state index contributed by atoms with van der Waals surface area (Å²) in [6.45, 7) is -1.83. The van der Waals surface area contributed by atoms with Crippen LogP contribution in [0, 0.1) is 19.0 Å². The molecule has 0 bridgehead atoms. The molecule has 2 aliphatic rings. The molecule has 1 radical (unpaired) electrons. The van der Waals surface area contributed by atoms with Crippen LogP contribution in [0.5, 0.6) is 0 Å². The van der Waals surface area contributed by atoms with Crippen LogP contribution in [-0.4, -0.2) is 16.7 Å². The Morgan fingerprint density at radius 2 is 1.38 bits per heavy atom. The zero-order valence-corrected chi connectivity index (χ0v) is 27.9. The summed E-state index contributed by atoms with van der Waals surface area (Å²) in [6.07, 6.45) is 3.37. The number of pyridine rings is 2. The van der Waals surface area contributed by atoms with Gasteiger partial charge in [0.2, 0.25) is 6.71 Å². The number of aromatic nitrogens is 2. The molecule has 2 aliphatic heterocycles. The molecule has 0 spiro atoms. The average molecular weight is 792 g/mol. The van der Waals surface area contributed by atoms with Crippen molar-refractivity contribution in [3.8, 4) is 22.5 Å². The van der Waals surface area contributed by atoms with Crippen LogP contribution in [0.25, 0.3) is 33.3 Å². The van der Waals surface area contributed by atoms with Crippen molar-refractivity contribution >= 4 is 57.4 Å². The predicted octanol–water partition coefficient (Wildman–Crippen LogP) is 8.00. The molecule has 0 unspecified atom stereocenters. The molecule has 0 N–H and O–H groups in total. The van der Waals surface area contributed by atoms with E-state index in [4.69, 9.17) is 9.10 Å². The quantitative estimate of drug-likeness (QED) is 0.131. The maximum Gasteiger partial charge on any atom is 0.227 e. The van der Waals surface area contributed by atoms with E-state index in [9.17, 15) is 0 Å². The van der Waals surface area contributed by atoms with Gasteiger partial charge in [-0.15, -0.1) is 82.6 Å². The molecular formula is C39H25BIrN2S2-2. The predicted molar refractivity (Wildman–Crippen MR) is 185 cm³/mol. The number of fused-ring (bicyclic) bond motifs is 5. The number of benzene rings is 5. The maximum absolute atomic E-state index is 7.23. The third-order valence-electron chi connectivity index (χ3n) is 7.90. The van der Waals surface area contributed by atoms with Crippen molar-refractivity contribution in [1.29, 1.82) is 0 Å². The Morgan fingerprint density at radius 3 is 2.11 bits per heavy atom. The molecule has 0 saturated carbocycles. The van der Waals surface area contributed by atoms with E-state index in [0.29, 0.717) is 0 Å². The van der Waals surface area contributed by atoms with Gasteiger partial charge in [-0.3, -0.25) is 0 Å². The van der Waals surface area contributed by atoms with Crippen LogP contribution in [0.15, 0.2) is 153 Å². The topological polar surface area (TPSA) is 25.8 Å². The van der Waals surface area contributed by atoms with Crippen molar-refractivity contribution in [1.82, 2.24) is 9.97 Å². The van der Waals surface area contributed by atoms with Gasteiger partial charge in [0.15, 0.2) is 0 Å². The summed E-state index contributed by atoms with van der Waals surface area (Å²) in [5.74, 6) is 0. The van der Waals surface area contributed by atoms with Gasteiger partial charge in [-0.05, 0) is 56.5 Å². The summed E-state index contributed by atoms with van der Waals surface area (Å²) in [6, 6.07) is 47.8. The molecule has 0 aliphatic carbocycles. The number of aryl methyl sites for hydroxylation is 1. The molecule has 0 fully saturated rings. The molecule has 7 aromatic rings. The number of nitrogens with zero attached hydrogens (tertiary/aromatic N) is 2. The molecule has 2 aromatic heterocycles. The normalized spacial score (nSPS) is 13.4. The fourth-order valence-electron chi connectivity index (χ4n) is 5.84. The van der Waals surface area contributed by atoms with Crippen molar-refractivity contribution in [3.63, 3.8) is 0 Å². The summed E-state index contributed by atoms with van der Waals surface area (Å²) < 4.78 is 21.7. The van der Waals surface area contributed by atoms with Crippen LogP contribution in [0.3, 0.4) is 0 Å². The van der Waals surface area contributed by atoms with Crippen LogP contribution in [-0.2, 0) is 20.1 Å². The molecule has 5 aromatic carbocycles. The summed E-state index contributed by atoms with van der Waals surface area (Å²) in [5.41, 5.74) is 8.16. The van der Waals surface area contributed by atoms with Gasteiger partial charge in [-0.1, -0.05) is 99.6 Å². The second kappa shape index (κ2) is 12.8. The van der Waals surface area contributed by atoms with E-state index in [1.807, 2.05) is 47.9 Å². The Hall–Kier alpha value is -3.93. The monoisotopic (exact) mass is 792 g/mol. The molecule has 9 rings (SSSR count). The third kappa shape index (κ3) is 5.69. The Balaban J connectivity index is 0.000000183. The van der Waals surface area contributed by atoms with E-state index in [0.717, 1.165) is 22.5 Å². The van der Waals surface area contributed by atoms with Crippen molar-refractivity contribution in [2.45, 2.75) is 26.4 Å². The Bertz CT molecular complexity index is 2250. The first-order chi connectivity index (χ1) is 22.9. The summed E-state index contributed by atoms with van der Waals surface area (Å²) in [5, 5.41) is 2.38. The van der Waals surface area contributed by atoms with Gasteiger partial charge in [0, 0.05) is 36.6 Å². The molecule has 0 saturated heterocycles. The smallest absolute Gasteiger partial charge is 0.227 e. The van der Waals surface area contributed by atoms with Crippen LogP contribution in [0.1, 0.15) is 9.68 Å². The fourth-order valence-corrected chi connectivity index (χ4v) is 8.31. The van der Waals surface area contributed by atoms with Gasteiger partial charge in [0.05, 0.1) is 0 Å². The van der Waals surface area contributed by atoms with Crippen LogP contribution in [0.4, 0.5) is 0 Å². The van der Waals surface area contributed by atoms with Crippen LogP contribution in [0.2, 0.25) is 0 Å². The van der Waals surface area contributed by atoms with Gasteiger partial charge in [-0.2, -0.15) is 0 Å². The minimum atomic E-state index is -2.09.